The lowest BCUT2D eigenvalue weighted by molar-refractivity contribution is -0.135. The van der Waals surface area contributed by atoms with E-state index in [0.717, 1.165) is 36.1 Å². The summed E-state index contributed by atoms with van der Waals surface area (Å²) in [4.78, 5) is 38.3. The molecule has 1 saturated heterocycles. The Morgan fingerprint density at radius 2 is 2.09 bits per heavy atom. The van der Waals surface area contributed by atoms with Crippen LogP contribution in [0, 0.1) is 5.92 Å². The van der Waals surface area contributed by atoms with Gasteiger partial charge in [-0.2, -0.15) is 11.3 Å². The van der Waals surface area contributed by atoms with Gasteiger partial charge in [-0.1, -0.05) is 19.3 Å². The van der Waals surface area contributed by atoms with E-state index in [2.05, 4.69) is 5.32 Å². The number of hydrogen-bond acceptors (Lipinski definition) is 4. The van der Waals surface area contributed by atoms with Gasteiger partial charge in [0.15, 0.2) is 5.78 Å². The molecule has 2 fully saturated rings. The molecule has 5 nitrogen and oxygen atoms in total. The zero-order valence-electron chi connectivity index (χ0n) is 12.6. The van der Waals surface area contributed by atoms with E-state index in [9.17, 15) is 14.4 Å². The summed E-state index contributed by atoms with van der Waals surface area (Å²) in [5.41, 5.74) is -0.285. The molecular weight excluding hydrogens is 300 g/mol. The maximum atomic E-state index is 12.6. The molecule has 6 heteroatoms. The number of rotatable bonds is 4. The molecule has 0 aromatic carbocycles. The molecule has 0 bridgehead atoms. The predicted molar refractivity (Wildman–Crippen MR) is 83.5 cm³/mol. The monoisotopic (exact) mass is 320 g/mol. The van der Waals surface area contributed by atoms with Crippen molar-refractivity contribution in [1.82, 2.24) is 10.2 Å². The molecule has 2 aliphatic rings. The van der Waals surface area contributed by atoms with Gasteiger partial charge < -0.3 is 5.32 Å². The molecule has 3 rings (SSSR count). The van der Waals surface area contributed by atoms with Gasteiger partial charge >= 0.3 is 6.03 Å². The first-order valence-electron chi connectivity index (χ1n) is 7.72. The second-order valence-electron chi connectivity index (χ2n) is 6.26. The van der Waals surface area contributed by atoms with Gasteiger partial charge in [-0.25, -0.2) is 4.79 Å². The molecule has 1 atom stereocenters. The van der Waals surface area contributed by atoms with Crippen LogP contribution in [0.25, 0.3) is 0 Å². The third-order valence-corrected chi connectivity index (χ3v) is 5.43. The second-order valence-corrected chi connectivity index (χ2v) is 7.04. The van der Waals surface area contributed by atoms with Crippen LogP contribution in [0.15, 0.2) is 16.8 Å². The number of urea groups is 1. The van der Waals surface area contributed by atoms with Crippen LogP contribution in [0.3, 0.4) is 0 Å². The van der Waals surface area contributed by atoms with Crippen molar-refractivity contribution in [3.05, 3.63) is 22.4 Å². The Hall–Kier alpha value is -1.69. The third-order valence-electron chi connectivity index (χ3n) is 4.75. The zero-order chi connectivity index (χ0) is 15.7. The maximum Gasteiger partial charge on any atom is 0.325 e. The minimum Gasteiger partial charge on any atom is -0.319 e. The first-order valence-corrected chi connectivity index (χ1v) is 8.66. The fourth-order valence-electron chi connectivity index (χ4n) is 3.29. The number of nitrogens with one attached hydrogen (secondary N) is 1. The highest BCUT2D eigenvalue weighted by Crippen LogP contribution is 2.31. The largest absolute Gasteiger partial charge is 0.325 e. The van der Waals surface area contributed by atoms with Crippen molar-refractivity contribution in [2.45, 2.75) is 44.6 Å². The third kappa shape index (κ3) is 2.56. The van der Waals surface area contributed by atoms with E-state index in [1.54, 1.807) is 6.92 Å². The molecule has 0 spiro atoms. The average Bonchev–Trinajstić information content (AvgIpc) is 3.13. The standard InChI is InChI=1S/C16H20N2O3S/c1-16(12-7-8-22-10-12)14(20)18(15(21)17-16)9-13(19)11-5-3-2-4-6-11/h7-8,10-11H,2-6,9H2,1H3,(H,17,21)/t16-/m1/s1. The van der Waals surface area contributed by atoms with Crippen LogP contribution in [0.1, 0.15) is 44.6 Å². The van der Waals surface area contributed by atoms with E-state index in [1.165, 1.54) is 17.8 Å². The van der Waals surface area contributed by atoms with Gasteiger partial charge in [0.2, 0.25) is 0 Å². The fourth-order valence-corrected chi connectivity index (χ4v) is 4.06. The normalized spacial score (nSPS) is 26.3. The van der Waals surface area contributed by atoms with E-state index >= 15 is 0 Å². The summed E-state index contributed by atoms with van der Waals surface area (Å²) in [5, 5.41) is 6.46. The number of ketones is 1. The van der Waals surface area contributed by atoms with Crippen molar-refractivity contribution < 1.29 is 14.4 Å². The first kappa shape index (κ1) is 15.2. The Morgan fingerprint density at radius 3 is 2.73 bits per heavy atom. The number of imide groups is 1. The van der Waals surface area contributed by atoms with Crippen molar-refractivity contribution in [2.24, 2.45) is 5.92 Å². The van der Waals surface area contributed by atoms with Crippen molar-refractivity contribution in [1.29, 1.82) is 0 Å². The quantitative estimate of drug-likeness (QED) is 0.867. The minimum atomic E-state index is -1.05. The molecule has 3 amide bonds. The molecule has 0 radical (unpaired) electrons. The van der Waals surface area contributed by atoms with Gasteiger partial charge in [0.1, 0.15) is 5.54 Å². The number of hydrogen-bond donors (Lipinski definition) is 1. The van der Waals surface area contributed by atoms with Crippen molar-refractivity contribution >= 4 is 29.1 Å². The van der Waals surface area contributed by atoms with Gasteiger partial charge in [0.25, 0.3) is 5.91 Å². The first-order chi connectivity index (χ1) is 10.5. The predicted octanol–water partition coefficient (Wildman–Crippen LogP) is 2.66. The van der Waals surface area contributed by atoms with Gasteiger partial charge in [0, 0.05) is 5.92 Å². The number of amides is 3. The summed E-state index contributed by atoms with van der Waals surface area (Å²) in [6, 6.07) is 1.36. The molecule has 1 aliphatic heterocycles. The molecule has 0 unspecified atom stereocenters. The van der Waals surface area contributed by atoms with E-state index in [4.69, 9.17) is 0 Å². The van der Waals surface area contributed by atoms with Gasteiger partial charge in [-0.05, 0) is 42.2 Å². The van der Waals surface area contributed by atoms with Crippen LogP contribution in [-0.2, 0) is 15.1 Å². The Kier molecular flexibility index (Phi) is 4.04. The van der Waals surface area contributed by atoms with Crippen LogP contribution in [0.4, 0.5) is 4.79 Å². The summed E-state index contributed by atoms with van der Waals surface area (Å²) in [6.07, 6.45) is 5.05. The molecule has 2 heterocycles. The Morgan fingerprint density at radius 1 is 1.36 bits per heavy atom. The molecule has 22 heavy (non-hydrogen) atoms. The lowest BCUT2D eigenvalue weighted by Crippen LogP contribution is -2.42. The van der Waals surface area contributed by atoms with E-state index in [-0.39, 0.29) is 24.2 Å². The topological polar surface area (TPSA) is 66.5 Å². The Balaban J connectivity index is 1.73. The highest BCUT2D eigenvalue weighted by Gasteiger charge is 2.49. The summed E-state index contributed by atoms with van der Waals surface area (Å²) < 4.78 is 0. The van der Waals surface area contributed by atoms with Crippen molar-refractivity contribution in [2.75, 3.05) is 6.54 Å². The molecule has 1 aliphatic carbocycles. The zero-order valence-corrected chi connectivity index (χ0v) is 13.4. The van der Waals surface area contributed by atoms with Gasteiger partial charge in [-0.3, -0.25) is 14.5 Å². The summed E-state index contributed by atoms with van der Waals surface area (Å²) in [6.45, 7) is 1.59. The van der Waals surface area contributed by atoms with E-state index < -0.39 is 11.6 Å². The second kappa shape index (κ2) is 5.83. The number of thiophene rings is 1. The number of Topliss-reactive ketones (excluding diaryl/α,β-unsaturated/α-hetero) is 1. The van der Waals surface area contributed by atoms with Crippen molar-refractivity contribution in [3.8, 4) is 0 Å². The molecule has 1 aromatic rings. The number of nitrogens with zero attached hydrogens (tertiary/aromatic N) is 1. The molecule has 1 aromatic heterocycles. The van der Waals surface area contributed by atoms with Crippen LogP contribution in [0.2, 0.25) is 0 Å². The minimum absolute atomic E-state index is 0.00218. The highest BCUT2D eigenvalue weighted by atomic mass is 32.1. The van der Waals surface area contributed by atoms with Crippen LogP contribution < -0.4 is 5.32 Å². The molecule has 118 valence electrons. The highest BCUT2D eigenvalue weighted by molar-refractivity contribution is 7.08. The lowest BCUT2D eigenvalue weighted by Gasteiger charge is -2.23. The van der Waals surface area contributed by atoms with Crippen LogP contribution in [-0.4, -0.2) is 29.2 Å². The molecule has 1 N–H and O–H groups in total. The Labute approximate surface area is 133 Å². The van der Waals surface area contributed by atoms with Crippen LogP contribution in [0.5, 0.6) is 0 Å². The van der Waals surface area contributed by atoms with Gasteiger partial charge in [-0.15, -0.1) is 0 Å². The summed E-state index contributed by atoms with van der Waals surface area (Å²) in [7, 11) is 0. The lowest BCUT2D eigenvalue weighted by atomic mass is 9.86. The fraction of sp³-hybridized carbons (Fsp3) is 0.562. The smallest absolute Gasteiger partial charge is 0.319 e. The van der Waals surface area contributed by atoms with E-state index in [1.807, 2.05) is 16.8 Å². The van der Waals surface area contributed by atoms with Gasteiger partial charge in [0.05, 0.1) is 6.54 Å². The Bertz CT molecular complexity index is 593. The van der Waals surface area contributed by atoms with Crippen molar-refractivity contribution in [3.63, 3.8) is 0 Å². The molecule has 1 saturated carbocycles. The van der Waals surface area contributed by atoms with Crippen LogP contribution >= 0.6 is 11.3 Å². The SMILES string of the molecule is C[C@]1(c2ccsc2)NC(=O)N(CC(=O)C2CCCCC2)C1=O. The maximum absolute atomic E-state index is 12.6. The number of carbonyl (C=O) groups excluding carboxylic acids is 3. The number of carbonyl (C=O) groups is 3. The van der Waals surface area contributed by atoms with E-state index in [0.29, 0.717) is 0 Å². The molecular formula is C16H20N2O3S. The summed E-state index contributed by atoms with van der Waals surface area (Å²) in [5.74, 6) is -0.319. The average molecular weight is 320 g/mol. The summed E-state index contributed by atoms with van der Waals surface area (Å²) >= 11 is 1.48.